The SMILES string of the molecule is CN1C2=NCCCC2CCc2ccccc21. The first-order chi connectivity index (χ1) is 7.86. The molecule has 2 heterocycles. The molecule has 16 heavy (non-hydrogen) atoms. The zero-order chi connectivity index (χ0) is 11.0. The number of benzene rings is 1. The molecule has 1 aromatic carbocycles. The van der Waals surface area contributed by atoms with Gasteiger partial charge in [-0.15, -0.1) is 0 Å². The molecule has 0 saturated carbocycles. The predicted octanol–water partition coefficient (Wildman–Crippen LogP) is 2.88. The van der Waals surface area contributed by atoms with E-state index >= 15 is 0 Å². The highest BCUT2D eigenvalue weighted by atomic mass is 15.2. The monoisotopic (exact) mass is 214 g/mol. The highest BCUT2D eigenvalue weighted by molar-refractivity contribution is 6.00. The van der Waals surface area contributed by atoms with Gasteiger partial charge in [-0.3, -0.25) is 4.99 Å². The Labute approximate surface area is 97.0 Å². The Bertz CT molecular complexity index is 422. The maximum absolute atomic E-state index is 4.73. The molecule has 0 bridgehead atoms. The van der Waals surface area contributed by atoms with Crippen LogP contribution in [0.5, 0.6) is 0 Å². The Morgan fingerprint density at radius 3 is 3.06 bits per heavy atom. The summed E-state index contributed by atoms with van der Waals surface area (Å²) in [6, 6.07) is 8.74. The van der Waals surface area contributed by atoms with Crippen molar-refractivity contribution in [3.63, 3.8) is 0 Å². The van der Waals surface area contributed by atoms with Gasteiger partial charge in [0.15, 0.2) is 0 Å². The topological polar surface area (TPSA) is 15.6 Å². The molecule has 2 heteroatoms. The van der Waals surface area contributed by atoms with Gasteiger partial charge in [0, 0.05) is 25.2 Å². The first-order valence-electron chi connectivity index (χ1n) is 6.22. The zero-order valence-corrected chi connectivity index (χ0v) is 9.82. The van der Waals surface area contributed by atoms with Crippen LogP contribution in [0.15, 0.2) is 29.3 Å². The van der Waals surface area contributed by atoms with E-state index in [0.29, 0.717) is 5.92 Å². The number of anilines is 1. The van der Waals surface area contributed by atoms with Gasteiger partial charge in [0.25, 0.3) is 0 Å². The van der Waals surface area contributed by atoms with Crippen molar-refractivity contribution in [3.8, 4) is 0 Å². The maximum Gasteiger partial charge on any atom is 0.106 e. The lowest BCUT2D eigenvalue weighted by Gasteiger charge is -2.28. The van der Waals surface area contributed by atoms with Crippen molar-refractivity contribution in [3.05, 3.63) is 29.8 Å². The molecule has 0 spiro atoms. The minimum Gasteiger partial charge on any atom is -0.333 e. The lowest BCUT2D eigenvalue weighted by molar-refractivity contribution is 0.531. The summed E-state index contributed by atoms with van der Waals surface area (Å²) in [5.41, 5.74) is 2.83. The molecule has 0 aromatic heterocycles. The number of aliphatic imine (C=N–C) groups is 1. The number of amidine groups is 1. The second kappa shape index (κ2) is 3.93. The molecule has 0 fully saturated rings. The number of para-hydroxylation sites is 1. The molecular weight excluding hydrogens is 196 g/mol. The minimum atomic E-state index is 0.686. The molecule has 0 amide bonds. The predicted molar refractivity (Wildman–Crippen MR) is 68.2 cm³/mol. The number of hydrogen-bond donors (Lipinski definition) is 0. The molecule has 1 atom stereocenters. The van der Waals surface area contributed by atoms with Gasteiger partial charge in [0.05, 0.1) is 0 Å². The first-order valence-corrected chi connectivity index (χ1v) is 6.22. The van der Waals surface area contributed by atoms with Crippen LogP contribution in [-0.2, 0) is 6.42 Å². The zero-order valence-electron chi connectivity index (χ0n) is 9.82. The smallest absolute Gasteiger partial charge is 0.106 e. The summed E-state index contributed by atoms with van der Waals surface area (Å²) in [7, 11) is 2.17. The molecule has 84 valence electrons. The van der Waals surface area contributed by atoms with E-state index in [1.165, 1.54) is 42.8 Å². The van der Waals surface area contributed by atoms with Crippen LogP contribution < -0.4 is 4.90 Å². The van der Waals surface area contributed by atoms with Gasteiger partial charge in [-0.05, 0) is 37.3 Å². The fraction of sp³-hybridized carbons (Fsp3) is 0.500. The first kappa shape index (κ1) is 9.88. The quantitative estimate of drug-likeness (QED) is 0.648. The van der Waals surface area contributed by atoms with E-state index < -0.39 is 0 Å². The molecule has 0 saturated heterocycles. The van der Waals surface area contributed by atoms with Crippen molar-refractivity contribution >= 4 is 11.5 Å². The molecule has 1 aromatic rings. The van der Waals surface area contributed by atoms with E-state index in [9.17, 15) is 0 Å². The fourth-order valence-corrected chi connectivity index (χ4v) is 2.95. The van der Waals surface area contributed by atoms with Crippen molar-refractivity contribution in [1.29, 1.82) is 0 Å². The largest absolute Gasteiger partial charge is 0.333 e. The van der Waals surface area contributed by atoms with Gasteiger partial charge < -0.3 is 4.90 Å². The third-order valence-electron chi connectivity index (χ3n) is 3.81. The van der Waals surface area contributed by atoms with E-state index in [0.717, 1.165) is 6.54 Å². The van der Waals surface area contributed by atoms with E-state index in [-0.39, 0.29) is 0 Å². The summed E-state index contributed by atoms with van der Waals surface area (Å²) < 4.78 is 0. The third kappa shape index (κ3) is 1.53. The van der Waals surface area contributed by atoms with Crippen LogP contribution in [0.4, 0.5) is 5.69 Å². The Kier molecular flexibility index (Phi) is 2.43. The van der Waals surface area contributed by atoms with Crippen LogP contribution in [0.2, 0.25) is 0 Å². The van der Waals surface area contributed by atoms with Crippen LogP contribution in [0.3, 0.4) is 0 Å². The molecule has 3 rings (SSSR count). The van der Waals surface area contributed by atoms with Gasteiger partial charge >= 0.3 is 0 Å². The minimum absolute atomic E-state index is 0.686. The summed E-state index contributed by atoms with van der Waals surface area (Å²) in [6.07, 6.45) is 5.04. The van der Waals surface area contributed by atoms with Crippen molar-refractivity contribution in [2.24, 2.45) is 10.9 Å². The summed E-state index contributed by atoms with van der Waals surface area (Å²) in [5.74, 6) is 2.00. The Hall–Kier alpha value is -1.31. The lowest BCUT2D eigenvalue weighted by Crippen LogP contribution is -2.34. The van der Waals surface area contributed by atoms with Crippen molar-refractivity contribution in [1.82, 2.24) is 0 Å². The molecule has 2 aliphatic heterocycles. The number of aryl methyl sites for hydroxylation is 1. The van der Waals surface area contributed by atoms with Crippen molar-refractivity contribution < 1.29 is 0 Å². The van der Waals surface area contributed by atoms with Gasteiger partial charge in [-0.1, -0.05) is 18.2 Å². The molecule has 2 nitrogen and oxygen atoms in total. The number of hydrogen-bond acceptors (Lipinski definition) is 2. The average Bonchev–Trinajstić information content (AvgIpc) is 2.49. The van der Waals surface area contributed by atoms with Crippen LogP contribution in [-0.4, -0.2) is 19.4 Å². The highest BCUT2D eigenvalue weighted by Crippen LogP contribution is 2.32. The number of rotatable bonds is 0. The molecule has 2 aliphatic rings. The molecule has 1 unspecified atom stereocenters. The van der Waals surface area contributed by atoms with E-state index in [1.54, 1.807) is 0 Å². The lowest BCUT2D eigenvalue weighted by atomic mass is 9.93. The Morgan fingerprint density at radius 2 is 2.12 bits per heavy atom. The molecule has 0 radical (unpaired) electrons. The summed E-state index contributed by atoms with van der Waals surface area (Å²) >= 11 is 0. The Morgan fingerprint density at radius 1 is 1.25 bits per heavy atom. The van der Waals surface area contributed by atoms with Crippen LogP contribution >= 0.6 is 0 Å². The van der Waals surface area contributed by atoms with Gasteiger partial charge in [0.2, 0.25) is 0 Å². The van der Waals surface area contributed by atoms with Crippen LogP contribution in [0.1, 0.15) is 24.8 Å². The van der Waals surface area contributed by atoms with E-state index in [4.69, 9.17) is 4.99 Å². The average molecular weight is 214 g/mol. The maximum atomic E-state index is 4.73. The third-order valence-corrected chi connectivity index (χ3v) is 3.81. The van der Waals surface area contributed by atoms with Crippen molar-refractivity contribution in [2.75, 3.05) is 18.5 Å². The Balaban J connectivity index is 2.05. The second-order valence-corrected chi connectivity index (χ2v) is 4.81. The van der Waals surface area contributed by atoms with E-state index in [1.807, 2.05) is 0 Å². The standard InChI is InChI=1S/C14H18N2/c1-16-13-7-3-2-5-11(13)8-9-12-6-4-10-15-14(12)16/h2-3,5,7,12H,4,6,8-10H2,1H3. The van der Waals surface area contributed by atoms with Crippen molar-refractivity contribution in [2.45, 2.75) is 25.7 Å². The molecule has 0 aliphatic carbocycles. The summed E-state index contributed by atoms with van der Waals surface area (Å²) in [4.78, 5) is 7.05. The molecular formula is C14H18N2. The number of fused-ring (bicyclic) bond motifs is 2. The molecule has 0 N–H and O–H groups in total. The van der Waals surface area contributed by atoms with E-state index in [2.05, 4.69) is 36.2 Å². The van der Waals surface area contributed by atoms with Crippen LogP contribution in [0, 0.1) is 5.92 Å². The summed E-state index contributed by atoms with van der Waals surface area (Å²) in [6.45, 7) is 1.01. The second-order valence-electron chi connectivity index (χ2n) is 4.81. The van der Waals surface area contributed by atoms with Gasteiger partial charge in [-0.25, -0.2) is 0 Å². The highest BCUT2D eigenvalue weighted by Gasteiger charge is 2.27. The van der Waals surface area contributed by atoms with Crippen LogP contribution in [0.25, 0.3) is 0 Å². The fourth-order valence-electron chi connectivity index (χ4n) is 2.95. The normalized spacial score (nSPS) is 24.2. The number of nitrogens with zero attached hydrogens (tertiary/aromatic N) is 2. The summed E-state index contributed by atoms with van der Waals surface area (Å²) in [5, 5.41) is 0. The van der Waals surface area contributed by atoms with Gasteiger partial charge in [-0.2, -0.15) is 0 Å². The van der Waals surface area contributed by atoms with Gasteiger partial charge in [0.1, 0.15) is 5.84 Å².